The molecule has 0 amide bonds. The molecule has 0 saturated heterocycles. The van der Waals surface area contributed by atoms with Gasteiger partial charge in [-0.1, -0.05) is 12.2 Å². The fourth-order valence-corrected chi connectivity index (χ4v) is 1.17. The van der Waals surface area contributed by atoms with Crippen LogP contribution in [0.25, 0.3) is 0 Å². The average Bonchev–Trinajstić information content (AvgIpc) is 2.91. The molecular weight excluding hydrogens is 166 g/mol. The molecule has 0 bridgehead atoms. The number of hydrogen-bond acceptors (Lipinski definition) is 3. The Morgan fingerprint density at radius 1 is 1.38 bits per heavy atom. The third kappa shape index (κ3) is 1.87. The summed E-state index contributed by atoms with van der Waals surface area (Å²) >= 11 is 0. The normalized spacial score (nSPS) is 24.1. The minimum Gasteiger partial charge on any atom is -0.289 e. The lowest BCUT2D eigenvalue weighted by Gasteiger charge is -2.11. The molecule has 0 atom stereocenters. The first-order valence-corrected chi connectivity index (χ1v) is 4.35. The lowest BCUT2D eigenvalue weighted by molar-refractivity contribution is -0.111. The Morgan fingerprint density at radius 3 is 2.69 bits per heavy atom. The molecule has 68 valence electrons. The predicted octanol–water partition coefficient (Wildman–Crippen LogP) is 1.42. The highest BCUT2D eigenvalue weighted by Gasteiger charge is 2.26. The molecule has 0 aromatic rings. The Bertz CT molecular complexity index is 311. The monoisotopic (exact) mass is 177 g/mol. The van der Waals surface area contributed by atoms with Crippen LogP contribution >= 0.6 is 0 Å². The van der Waals surface area contributed by atoms with E-state index >= 15 is 0 Å². The van der Waals surface area contributed by atoms with Gasteiger partial charge in [0.1, 0.15) is 0 Å². The van der Waals surface area contributed by atoms with E-state index in [1.165, 1.54) is 12.3 Å². The second-order valence-electron chi connectivity index (χ2n) is 3.28. The molecule has 13 heavy (non-hydrogen) atoms. The molecule has 0 radical (unpaired) electrons. The molecule has 0 spiro atoms. The molecule has 2 rings (SSSR count). The van der Waals surface area contributed by atoms with Crippen LogP contribution in [0.5, 0.6) is 0 Å². The Hall–Kier alpha value is -1.35. The fraction of sp³-hybridized carbons (Fsp3) is 0.300. The number of allylic oxidation sites excluding steroid dienone is 5. The fourth-order valence-electron chi connectivity index (χ4n) is 1.17. The highest BCUT2D eigenvalue weighted by Crippen LogP contribution is 2.26. The second kappa shape index (κ2) is 3.18. The van der Waals surface area contributed by atoms with Crippen molar-refractivity contribution < 1.29 is 10.0 Å². The summed E-state index contributed by atoms with van der Waals surface area (Å²) in [7, 11) is 0. The van der Waals surface area contributed by atoms with Crippen molar-refractivity contribution in [1.29, 1.82) is 0 Å². The molecule has 2 aliphatic rings. The third-order valence-corrected chi connectivity index (χ3v) is 2.11. The number of carbonyl (C=O) groups is 1. The van der Waals surface area contributed by atoms with E-state index in [9.17, 15) is 10.0 Å². The summed E-state index contributed by atoms with van der Waals surface area (Å²) in [6, 6.07) is 0.222. The molecule has 0 heterocycles. The minimum absolute atomic E-state index is 0.0535. The number of rotatable bonds is 2. The zero-order valence-electron chi connectivity index (χ0n) is 7.18. The molecule has 1 N–H and O–H groups in total. The van der Waals surface area contributed by atoms with Crippen molar-refractivity contribution in [3.05, 3.63) is 36.1 Å². The number of nitrogens with zero attached hydrogens (tertiary/aromatic N) is 1. The molecule has 3 nitrogen and oxygen atoms in total. The van der Waals surface area contributed by atoms with E-state index in [1.807, 2.05) is 0 Å². The number of hydroxylamine groups is 2. The van der Waals surface area contributed by atoms with Crippen molar-refractivity contribution in [2.75, 3.05) is 0 Å². The molecular formula is C10H11NO2. The zero-order chi connectivity index (χ0) is 9.26. The highest BCUT2D eigenvalue weighted by molar-refractivity contribution is 6.07. The van der Waals surface area contributed by atoms with Crippen LogP contribution in [0.15, 0.2) is 36.1 Å². The topological polar surface area (TPSA) is 40.5 Å². The molecule has 1 fully saturated rings. The van der Waals surface area contributed by atoms with Crippen molar-refractivity contribution in [2.24, 2.45) is 0 Å². The van der Waals surface area contributed by atoms with Crippen LogP contribution in [0.2, 0.25) is 0 Å². The minimum atomic E-state index is -0.0535. The first-order valence-electron chi connectivity index (χ1n) is 4.35. The Labute approximate surface area is 76.6 Å². The maximum Gasteiger partial charge on any atom is 0.187 e. The largest absolute Gasteiger partial charge is 0.289 e. The van der Waals surface area contributed by atoms with Crippen molar-refractivity contribution in [2.45, 2.75) is 18.9 Å². The summed E-state index contributed by atoms with van der Waals surface area (Å²) in [5.41, 5.74) is 0.539. The lowest BCUT2D eigenvalue weighted by atomic mass is 10.1. The maximum absolute atomic E-state index is 11.2. The predicted molar refractivity (Wildman–Crippen MR) is 48.0 cm³/mol. The van der Waals surface area contributed by atoms with Gasteiger partial charge in [-0.3, -0.25) is 15.1 Å². The van der Waals surface area contributed by atoms with Gasteiger partial charge in [-0.15, -0.1) is 0 Å². The first-order chi connectivity index (χ1) is 6.27. The van der Waals surface area contributed by atoms with Crippen molar-refractivity contribution >= 4 is 5.78 Å². The van der Waals surface area contributed by atoms with Crippen LogP contribution in [-0.2, 0) is 4.79 Å². The van der Waals surface area contributed by atoms with Crippen molar-refractivity contribution in [1.82, 2.24) is 5.06 Å². The van der Waals surface area contributed by atoms with Crippen LogP contribution in [0.3, 0.4) is 0 Å². The molecule has 2 aliphatic carbocycles. The van der Waals surface area contributed by atoms with Gasteiger partial charge in [0.05, 0.1) is 6.04 Å². The summed E-state index contributed by atoms with van der Waals surface area (Å²) in [6.45, 7) is 0. The Morgan fingerprint density at radius 2 is 2.08 bits per heavy atom. The van der Waals surface area contributed by atoms with Gasteiger partial charge in [0.2, 0.25) is 0 Å². The van der Waals surface area contributed by atoms with E-state index in [2.05, 4.69) is 0 Å². The molecule has 0 aromatic carbocycles. The van der Waals surface area contributed by atoms with Crippen LogP contribution in [0.4, 0.5) is 0 Å². The van der Waals surface area contributed by atoms with Crippen LogP contribution in [-0.4, -0.2) is 22.1 Å². The van der Waals surface area contributed by atoms with E-state index in [1.54, 1.807) is 18.2 Å². The smallest absolute Gasteiger partial charge is 0.187 e. The standard InChI is InChI=1S/C10H11NO2/c12-10-4-2-1-3-8(10)7-11(13)9-5-6-9/h1-4,7,9,13H,5-6H2/b8-7+. The SMILES string of the molecule is O=C1C=CC=C/C1=C\N(O)C1CC1. The Kier molecular flexibility index (Phi) is 2.02. The van der Waals surface area contributed by atoms with Gasteiger partial charge < -0.3 is 0 Å². The lowest BCUT2D eigenvalue weighted by Crippen LogP contribution is -2.16. The van der Waals surface area contributed by atoms with Gasteiger partial charge >= 0.3 is 0 Å². The van der Waals surface area contributed by atoms with E-state index in [4.69, 9.17) is 0 Å². The molecule has 0 unspecified atom stereocenters. The molecule has 0 aliphatic heterocycles. The third-order valence-electron chi connectivity index (χ3n) is 2.11. The van der Waals surface area contributed by atoms with Crippen molar-refractivity contribution in [3.63, 3.8) is 0 Å². The molecule has 3 heteroatoms. The van der Waals surface area contributed by atoms with Crippen LogP contribution in [0, 0.1) is 0 Å². The van der Waals surface area contributed by atoms with Gasteiger partial charge in [-0.05, 0) is 25.0 Å². The van der Waals surface area contributed by atoms with E-state index in [-0.39, 0.29) is 11.8 Å². The zero-order valence-corrected chi connectivity index (χ0v) is 7.18. The first kappa shape index (κ1) is 8.26. The van der Waals surface area contributed by atoms with E-state index in [0.717, 1.165) is 17.9 Å². The summed E-state index contributed by atoms with van der Waals surface area (Å²) in [4.78, 5) is 11.2. The average molecular weight is 177 g/mol. The maximum atomic E-state index is 11.2. The van der Waals surface area contributed by atoms with Crippen LogP contribution < -0.4 is 0 Å². The molecule has 1 saturated carbocycles. The van der Waals surface area contributed by atoms with E-state index < -0.39 is 0 Å². The van der Waals surface area contributed by atoms with Crippen molar-refractivity contribution in [3.8, 4) is 0 Å². The van der Waals surface area contributed by atoms with Gasteiger partial charge in [0, 0.05) is 11.8 Å². The van der Waals surface area contributed by atoms with Gasteiger partial charge in [-0.25, -0.2) is 0 Å². The summed E-state index contributed by atoms with van der Waals surface area (Å²) < 4.78 is 0. The van der Waals surface area contributed by atoms with Gasteiger partial charge in [-0.2, -0.15) is 0 Å². The summed E-state index contributed by atoms with van der Waals surface area (Å²) in [6.07, 6.45) is 10.2. The highest BCUT2D eigenvalue weighted by atomic mass is 16.5. The number of ketones is 1. The quantitative estimate of drug-likeness (QED) is 0.512. The number of carbonyl (C=O) groups excluding carboxylic acids is 1. The summed E-state index contributed by atoms with van der Waals surface area (Å²) in [5.74, 6) is -0.0535. The van der Waals surface area contributed by atoms with Gasteiger partial charge in [0.25, 0.3) is 0 Å². The second-order valence-corrected chi connectivity index (χ2v) is 3.28. The Balaban J connectivity index is 2.09. The van der Waals surface area contributed by atoms with Gasteiger partial charge in [0.15, 0.2) is 5.78 Å². The molecule has 0 aromatic heterocycles. The van der Waals surface area contributed by atoms with E-state index in [0.29, 0.717) is 5.57 Å². The number of hydrogen-bond donors (Lipinski definition) is 1. The summed E-state index contributed by atoms with van der Waals surface area (Å²) in [5, 5.41) is 10.5. The van der Waals surface area contributed by atoms with Crippen LogP contribution in [0.1, 0.15) is 12.8 Å².